The van der Waals surface area contributed by atoms with Crippen molar-refractivity contribution >= 4 is 6.08 Å². The highest BCUT2D eigenvalue weighted by Crippen LogP contribution is 2.25. The van der Waals surface area contributed by atoms with Crippen molar-refractivity contribution in [1.82, 2.24) is 0 Å². The molecule has 1 aromatic rings. The molecule has 0 saturated carbocycles. The van der Waals surface area contributed by atoms with Gasteiger partial charge in [0, 0.05) is 12.1 Å². The molecule has 0 radical (unpaired) electrons. The molecular formula is C14H21NO. The van der Waals surface area contributed by atoms with Gasteiger partial charge < -0.3 is 10.8 Å². The Kier molecular flexibility index (Phi) is 4.13. The summed E-state index contributed by atoms with van der Waals surface area (Å²) in [6, 6.07) is 5.74. The molecule has 1 aromatic carbocycles. The SMILES string of the molecule is CC(C)(C)Cc1ccc(O)c(/C=C/CN)c1. The van der Waals surface area contributed by atoms with Crippen molar-refractivity contribution in [3.8, 4) is 5.75 Å². The van der Waals surface area contributed by atoms with Crippen molar-refractivity contribution in [2.24, 2.45) is 11.1 Å². The van der Waals surface area contributed by atoms with Crippen LogP contribution in [0.5, 0.6) is 5.75 Å². The molecule has 0 aliphatic rings. The van der Waals surface area contributed by atoms with Crippen LogP contribution < -0.4 is 5.73 Å². The summed E-state index contributed by atoms with van der Waals surface area (Å²) >= 11 is 0. The van der Waals surface area contributed by atoms with E-state index >= 15 is 0 Å². The van der Waals surface area contributed by atoms with E-state index in [9.17, 15) is 5.11 Å². The van der Waals surface area contributed by atoms with Gasteiger partial charge in [0.2, 0.25) is 0 Å². The lowest BCUT2D eigenvalue weighted by Crippen LogP contribution is -2.09. The molecule has 0 fully saturated rings. The number of benzene rings is 1. The largest absolute Gasteiger partial charge is 0.507 e. The molecule has 0 atom stereocenters. The zero-order valence-electron chi connectivity index (χ0n) is 10.3. The quantitative estimate of drug-likeness (QED) is 0.821. The van der Waals surface area contributed by atoms with Crippen LogP contribution in [0.1, 0.15) is 31.9 Å². The zero-order chi connectivity index (χ0) is 12.2. The molecular weight excluding hydrogens is 198 g/mol. The number of rotatable bonds is 3. The summed E-state index contributed by atoms with van der Waals surface area (Å²) in [6.07, 6.45) is 4.70. The van der Waals surface area contributed by atoms with Crippen molar-refractivity contribution in [3.63, 3.8) is 0 Å². The molecule has 2 nitrogen and oxygen atoms in total. The monoisotopic (exact) mass is 219 g/mol. The first kappa shape index (κ1) is 12.8. The molecule has 0 saturated heterocycles. The van der Waals surface area contributed by atoms with Gasteiger partial charge in [0.15, 0.2) is 0 Å². The molecule has 0 aliphatic carbocycles. The number of hydrogen-bond acceptors (Lipinski definition) is 2. The third-order valence-electron chi connectivity index (χ3n) is 2.26. The summed E-state index contributed by atoms with van der Waals surface area (Å²) in [5.74, 6) is 0.308. The van der Waals surface area contributed by atoms with Crippen LogP contribution in [0.25, 0.3) is 6.08 Å². The van der Waals surface area contributed by atoms with Gasteiger partial charge in [-0.15, -0.1) is 0 Å². The third-order valence-corrected chi connectivity index (χ3v) is 2.26. The molecule has 0 amide bonds. The maximum absolute atomic E-state index is 9.67. The van der Waals surface area contributed by atoms with Gasteiger partial charge in [0.1, 0.15) is 5.75 Å². The number of phenolic OH excluding ortho intramolecular Hbond substituents is 1. The van der Waals surface area contributed by atoms with E-state index in [4.69, 9.17) is 5.73 Å². The van der Waals surface area contributed by atoms with Gasteiger partial charge >= 0.3 is 0 Å². The van der Waals surface area contributed by atoms with Crippen LogP contribution in [0.15, 0.2) is 24.3 Å². The van der Waals surface area contributed by atoms with E-state index in [0.29, 0.717) is 12.3 Å². The standard InChI is InChI=1S/C14H21NO/c1-14(2,3)10-11-6-7-13(16)12(9-11)5-4-8-15/h4-7,9,16H,8,10,15H2,1-3H3/b5-4+. The Morgan fingerprint density at radius 2 is 2.00 bits per heavy atom. The molecule has 0 aliphatic heterocycles. The molecule has 2 heteroatoms. The summed E-state index contributed by atoms with van der Waals surface area (Å²) in [5, 5.41) is 9.67. The Labute approximate surface area is 97.8 Å². The van der Waals surface area contributed by atoms with Crippen molar-refractivity contribution < 1.29 is 5.11 Å². The van der Waals surface area contributed by atoms with Crippen LogP contribution in [0.4, 0.5) is 0 Å². The normalized spacial score (nSPS) is 12.2. The number of nitrogens with two attached hydrogens (primary N) is 1. The van der Waals surface area contributed by atoms with E-state index in [1.807, 2.05) is 24.3 Å². The van der Waals surface area contributed by atoms with Crippen molar-refractivity contribution in [3.05, 3.63) is 35.4 Å². The molecule has 88 valence electrons. The van der Waals surface area contributed by atoms with Gasteiger partial charge in [0.05, 0.1) is 0 Å². The summed E-state index contributed by atoms with van der Waals surface area (Å²) in [7, 11) is 0. The summed E-state index contributed by atoms with van der Waals surface area (Å²) in [6.45, 7) is 7.10. The highest BCUT2D eigenvalue weighted by Gasteiger charge is 2.11. The van der Waals surface area contributed by atoms with Crippen LogP contribution in [0.2, 0.25) is 0 Å². The fourth-order valence-corrected chi connectivity index (χ4v) is 1.65. The minimum absolute atomic E-state index is 0.256. The van der Waals surface area contributed by atoms with Crippen molar-refractivity contribution in [2.45, 2.75) is 27.2 Å². The van der Waals surface area contributed by atoms with Crippen LogP contribution in [-0.4, -0.2) is 11.7 Å². The lowest BCUT2D eigenvalue weighted by Gasteiger charge is -2.18. The number of aromatic hydroxyl groups is 1. The lowest BCUT2D eigenvalue weighted by molar-refractivity contribution is 0.410. The minimum Gasteiger partial charge on any atom is -0.507 e. The summed E-state index contributed by atoms with van der Waals surface area (Å²) < 4.78 is 0. The minimum atomic E-state index is 0.256. The lowest BCUT2D eigenvalue weighted by atomic mass is 9.87. The molecule has 1 rings (SSSR count). The smallest absolute Gasteiger partial charge is 0.122 e. The second-order valence-corrected chi connectivity index (χ2v) is 5.27. The topological polar surface area (TPSA) is 46.2 Å². The molecule has 0 heterocycles. The fraction of sp³-hybridized carbons (Fsp3) is 0.429. The first-order valence-corrected chi connectivity index (χ1v) is 5.61. The average Bonchev–Trinajstić information content (AvgIpc) is 2.17. The molecule has 0 aromatic heterocycles. The molecule has 16 heavy (non-hydrogen) atoms. The second kappa shape index (κ2) is 5.17. The van der Waals surface area contributed by atoms with E-state index in [2.05, 4.69) is 20.8 Å². The van der Waals surface area contributed by atoms with Gasteiger partial charge in [-0.1, -0.05) is 39.0 Å². The van der Waals surface area contributed by atoms with Crippen LogP contribution in [0, 0.1) is 5.41 Å². The predicted molar refractivity (Wildman–Crippen MR) is 69.4 cm³/mol. The zero-order valence-corrected chi connectivity index (χ0v) is 10.3. The van der Waals surface area contributed by atoms with Gasteiger partial charge in [-0.3, -0.25) is 0 Å². The maximum atomic E-state index is 9.67. The van der Waals surface area contributed by atoms with E-state index in [1.165, 1.54) is 5.56 Å². The fourth-order valence-electron chi connectivity index (χ4n) is 1.65. The van der Waals surface area contributed by atoms with Gasteiger partial charge in [0.25, 0.3) is 0 Å². The summed E-state index contributed by atoms with van der Waals surface area (Å²) in [4.78, 5) is 0. The van der Waals surface area contributed by atoms with Gasteiger partial charge in [-0.2, -0.15) is 0 Å². The third kappa shape index (κ3) is 4.07. The van der Waals surface area contributed by atoms with Crippen LogP contribution in [0.3, 0.4) is 0 Å². The first-order chi connectivity index (χ1) is 7.42. The Hall–Kier alpha value is -1.28. The van der Waals surface area contributed by atoms with Crippen LogP contribution >= 0.6 is 0 Å². The first-order valence-electron chi connectivity index (χ1n) is 5.61. The molecule has 3 N–H and O–H groups in total. The van der Waals surface area contributed by atoms with Crippen molar-refractivity contribution in [1.29, 1.82) is 0 Å². The highest BCUT2D eigenvalue weighted by atomic mass is 16.3. The summed E-state index contributed by atoms with van der Waals surface area (Å²) in [5.41, 5.74) is 7.73. The van der Waals surface area contributed by atoms with Gasteiger partial charge in [-0.25, -0.2) is 0 Å². The Balaban J connectivity index is 2.94. The predicted octanol–water partition coefficient (Wildman–Crippen LogP) is 2.95. The van der Waals surface area contributed by atoms with Crippen LogP contribution in [-0.2, 0) is 6.42 Å². The Morgan fingerprint density at radius 3 is 2.56 bits per heavy atom. The van der Waals surface area contributed by atoms with E-state index in [-0.39, 0.29) is 5.41 Å². The Bertz CT molecular complexity index is 375. The average molecular weight is 219 g/mol. The number of hydrogen-bond donors (Lipinski definition) is 2. The molecule has 0 bridgehead atoms. The van der Waals surface area contributed by atoms with Gasteiger partial charge in [-0.05, 0) is 29.5 Å². The van der Waals surface area contributed by atoms with E-state index in [1.54, 1.807) is 6.07 Å². The molecule has 0 spiro atoms. The molecule has 0 unspecified atom stereocenters. The second-order valence-electron chi connectivity index (χ2n) is 5.27. The highest BCUT2D eigenvalue weighted by molar-refractivity contribution is 5.58. The maximum Gasteiger partial charge on any atom is 0.122 e. The van der Waals surface area contributed by atoms with Crippen molar-refractivity contribution in [2.75, 3.05) is 6.54 Å². The number of phenols is 1. The van der Waals surface area contributed by atoms with E-state index < -0.39 is 0 Å². The Morgan fingerprint density at radius 1 is 1.31 bits per heavy atom. The van der Waals surface area contributed by atoms with E-state index in [0.717, 1.165) is 12.0 Å².